The van der Waals surface area contributed by atoms with Crippen LogP contribution in [-0.4, -0.2) is 31.6 Å². The monoisotopic (exact) mass is 356 g/mol. The van der Waals surface area contributed by atoms with Crippen LogP contribution in [0.5, 0.6) is 17.2 Å². The predicted molar refractivity (Wildman–Crippen MR) is 94.4 cm³/mol. The van der Waals surface area contributed by atoms with E-state index in [0.29, 0.717) is 36.0 Å². The fraction of sp³-hybridized carbons (Fsp3) is 0.263. The number of ether oxygens (including phenoxy) is 3. The van der Waals surface area contributed by atoms with Gasteiger partial charge in [-0.25, -0.2) is 0 Å². The van der Waals surface area contributed by atoms with Gasteiger partial charge in [0.15, 0.2) is 18.1 Å². The average molecular weight is 356 g/mol. The minimum Gasteiger partial charge on any atom is -0.486 e. The number of hydrazine groups is 1. The zero-order valence-corrected chi connectivity index (χ0v) is 14.4. The molecular weight excluding hydrogens is 336 g/mol. The number of nitrogens with one attached hydrogen (secondary N) is 2. The molecule has 0 saturated heterocycles. The van der Waals surface area contributed by atoms with Crippen molar-refractivity contribution in [2.75, 3.05) is 19.8 Å². The van der Waals surface area contributed by atoms with E-state index in [0.717, 1.165) is 6.42 Å². The van der Waals surface area contributed by atoms with E-state index in [1.54, 1.807) is 30.3 Å². The van der Waals surface area contributed by atoms with Crippen LogP contribution < -0.4 is 25.1 Å². The zero-order chi connectivity index (χ0) is 18.4. The van der Waals surface area contributed by atoms with Crippen LogP contribution in [-0.2, 0) is 11.2 Å². The van der Waals surface area contributed by atoms with Gasteiger partial charge in [0.05, 0.1) is 0 Å². The van der Waals surface area contributed by atoms with Gasteiger partial charge in [0, 0.05) is 5.56 Å². The van der Waals surface area contributed by atoms with Crippen LogP contribution in [0.1, 0.15) is 22.8 Å². The highest BCUT2D eigenvalue weighted by atomic mass is 16.6. The second kappa shape index (κ2) is 8.24. The Labute approximate surface area is 151 Å². The van der Waals surface area contributed by atoms with E-state index in [1.165, 1.54) is 5.56 Å². The van der Waals surface area contributed by atoms with E-state index < -0.39 is 11.8 Å². The lowest BCUT2D eigenvalue weighted by Gasteiger charge is -2.18. The van der Waals surface area contributed by atoms with Crippen molar-refractivity contribution in [3.8, 4) is 17.2 Å². The third-order valence-electron chi connectivity index (χ3n) is 3.82. The molecule has 0 spiro atoms. The minimum atomic E-state index is -0.463. The van der Waals surface area contributed by atoms with Crippen molar-refractivity contribution in [3.63, 3.8) is 0 Å². The van der Waals surface area contributed by atoms with Gasteiger partial charge in [-0.15, -0.1) is 0 Å². The van der Waals surface area contributed by atoms with Crippen molar-refractivity contribution in [2.24, 2.45) is 0 Å². The van der Waals surface area contributed by atoms with Gasteiger partial charge in [0.25, 0.3) is 11.8 Å². The SMILES string of the molecule is CCc1ccc(OCC(=O)NNC(=O)c2ccc3c(c2)OCCO3)cc1. The third-order valence-corrected chi connectivity index (χ3v) is 3.82. The summed E-state index contributed by atoms with van der Waals surface area (Å²) in [4.78, 5) is 23.9. The summed E-state index contributed by atoms with van der Waals surface area (Å²) in [5.74, 6) is 0.780. The molecule has 2 aromatic rings. The summed E-state index contributed by atoms with van der Waals surface area (Å²) in [5.41, 5.74) is 6.20. The topological polar surface area (TPSA) is 85.9 Å². The first-order valence-corrected chi connectivity index (χ1v) is 8.36. The Balaban J connectivity index is 1.47. The van der Waals surface area contributed by atoms with Crippen LogP contribution in [0.15, 0.2) is 42.5 Å². The first-order chi connectivity index (χ1) is 12.7. The molecule has 0 bridgehead atoms. The van der Waals surface area contributed by atoms with Crippen molar-refractivity contribution in [1.82, 2.24) is 10.9 Å². The van der Waals surface area contributed by atoms with E-state index in [4.69, 9.17) is 14.2 Å². The molecule has 1 heterocycles. The highest BCUT2D eigenvalue weighted by molar-refractivity contribution is 5.96. The number of carbonyl (C=O) groups excluding carboxylic acids is 2. The number of aryl methyl sites for hydroxylation is 1. The molecule has 0 aromatic heterocycles. The number of hydrogen-bond donors (Lipinski definition) is 2. The zero-order valence-electron chi connectivity index (χ0n) is 14.4. The van der Waals surface area contributed by atoms with E-state index in [2.05, 4.69) is 17.8 Å². The molecule has 2 aromatic carbocycles. The molecule has 0 atom stereocenters. The summed E-state index contributed by atoms with van der Waals surface area (Å²) in [7, 11) is 0. The van der Waals surface area contributed by atoms with Gasteiger partial charge >= 0.3 is 0 Å². The molecule has 2 amide bonds. The lowest BCUT2D eigenvalue weighted by molar-refractivity contribution is -0.123. The molecule has 7 nitrogen and oxygen atoms in total. The fourth-order valence-electron chi connectivity index (χ4n) is 2.39. The summed E-state index contributed by atoms with van der Waals surface area (Å²) >= 11 is 0. The number of benzene rings is 2. The lowest BCUT2D eigenvalue weighted by atomic mass is 10.2. The molecule has 3 rings (SSSR count). The molecule has 0 aliphatic carbocycles. The van der Waals surface area contributed by atoms with Crippen LogP contribution in [0.4, 0.5) is 0 Å². The molecular formula is C19H20N2O5. The molecule has 0 saturated carbocycles. The molecule has 2 N–H and O–H groups in total. The standard InChI is InChI=1S/C19H20N2O5/c1-2-13-3-6-15(7-4-13)26-12-18(22)20-21-19(23)14-5-8-16-17(11-14)25-10-9-24-16/h3-8,11H,2,9-10,12H2,1H3,(H,20,22)(H,21,23). The largest absolute Gasteiger partial charge is 0.486 e. The van der Waals surface area contributed by atoms with Crippen LogP contribution in [0.2, 0.25) is 0 Å². The van der Waals surface area contributed by atoms with Crippen LogP contribution in [0.3, 0.4) is 0 Å². The van der Waals surface area contributed by atoms with Gasteiger partial charge in [-0.2, -0.15) is 0 Å². The molecule has 1 aliphatic rings. The van der Waals surface area contributed by atoms with Crippen LogP contribution >= 0.6 is 0 Å². The van der Waals surface area contributed by atoms with E-state index >= 15 is 0 Å². The van der Waals surface area contributed by atoms with Crippen molar-refractivity contribution >= 4 is 11.8 Å². The van der Waals surface area contributed by atoms with Gasteiger partial charge in [-0.05, 0) is 42.3 Å². The summed E-state index contributed by atoms with van der Waals surface area (Å²) in [6, 6.07) is 12.3. The first kappa shape index (κ1) is 17.6. The number of hydrogen-bond acceptors (Lipinski definition) is 5. The van der Waals surface area contributed by atoms with Crippen molar-refractivity contribution in [3.05, 3.63) is 53.6 Å². The second-order valence-corrected chi connectivity index (χ2v) is 5.65. The molecule has 1 aliphatic heterocycles. The Bertz CT molecular complexity index is 789. The number of carbonyl (C=O) groups is 2. The first-order valence-electron chi connectivity index (χ1n) is 8.36. The van der Waals surface area contributed by atoms with E-state index in [9.17, 15) is 9.59 Å². The van der Waals surface area contributed by atoms with Crippen molar-refractivity contribution in [2.45, 2.75) is 13.3 Å². The number of fused-ring (bicyclic) bond motifs is 1. The van der Waals surface area contributed by atoms with Gasteiger partial charge in [-0.3, -0.25) is 20.4 Å². The van der Waals surface area contributed by atoms with Crippen LogP contribution in [0, 0.1) is 0 Å². The Kier molecular flexibility index (Phi) is 5.58. The molecule has 0 unspecified atom stereocenters. The highest BCUT2D eigenvalue weighted by Crippen LogP contribution is 2.30. The van der Waals surface area contributed by atoms with Crippen LogP contribution in [0.25, 0.3) is 0 Å². The molecule has 0 radical (unpaired) electrons. The molecule has 7 heteroatoms. The summed E-state index contributed by atoms with van der Waals surface area (Å²) in [5, 5.41) is 0. The molecule has 0 fully saturated rings. The number of amides is 2. The fourth-order valence-corrected chi connectivity index (χ4v) is 2.39. The lowest BCUT2D eigenvalue weighted by Crippen LogP contribution is -2.43. The predicted octanol–water partition coefficient (Wildman–Crippen LogP) is 1.86. The Morgan fingerprint density at radius 1 is 1.00 bits per heavy atom. The summed E-state index contributed by atoms with van der Waals surface area (Å²) in [6.07, 6.45) is 0.937. The quantitative estimate of drug-likeness (QED) is 0.799. The molecule has 26 heavy (non-hydrogen) atoms. The van der Waals surface area contributed by atoms with Gasteiger partial charge in [0.2, 0.25) is 0 Å². The van der Waals surface area contributed by atoms with E-state index in [1.807, 2.05) is 12.1 Å². The van der Waals surface area contributed by atoms with Gasteiger partial charge < -0.3 is 14.2 Å². The van der Waals surface area contributed by atoms with E-state index in [-0.39, 0.29) is 6.61 Å². The van der Waals surface area contributed by atoms with Crippen molar-refractivity contribution in [1.29, 1.82) is 0 Å². The second-order valence-electron chi connectivity index (χ2n) is 5.65. The molecule has 136 valence electrons. The Morgan fingerprint density at radius 2 is 1.73 bits per heavy atom. The average Bonchev–Trinajstić information content (AvgIpc) is 2.70. The summed E-state index contributed by atoms with van der Waals surface area (Å²) in [6.45, 7) is 2.78. The summed E-state index contributed by atoms with van der Waals surface area (Å²) < 4.78 is 16.2. The van der Waals surface area contributed by atoms with Gasteiger partial charge in [0.1, 0.15) is 19.0 Å². The highest BCUT2D eigenvalue weighted by Gasteiger charge is 2.15. The number of rotatable bonds is 5. The Morgan fingerprint density at radius 3 is 2.46 bits per heavy atom. The van der Waals surface area contributed by atoms with Gasteiger partial charge in [-0.1, -0.05) is 19.1 Å². The normalized spacial score (nSPS) is 12.2. The maximum Gasteiger partial charge on any atom is 0.276 e. The Hall–Kier alpha value is -3.22. The van der Waals surface area contributed by atoms with Crippen molar-refractivity contribution < 1.29 is 23.8 Å². The minimum absolute atomic E-state index is 0.201. The maximum absolute atomic E-state index is 12.1. The smallest absolute Gasteiger partial charge is 0.276 e. The maximum atomic E-state index is 12.1. The third kappa shape index (κ3) is 4.44.